The van der Waals surface area contributed by atoms with Gasteiger partial charge in [0.05, 0.1) is 13.2 Å². The van der Waals surface area contributed by atoms with Gasteiger partial charge in [0.2, 0.25) is 5.91 Å². The molecule has 2 rings (SSSR count). The Morgan fingerprint density at radius 1 is 1.09 bits per heavy atom. The van der Waals surface area contributed by atoms with Crippen LogP contribution in [0.2, 0.25) is 0 Å². The number of carbonyl (C=O) groups is 1. The van der Waals surface area contributed by atoms with Crippen molar-refractivity contribution in [2.45, 2.75) is 27.2 Å². The molecule has 2 aromatic carbocycles. The fourth-order valence-electron chi connectivity index (χ4n) is 2.35. The molecule has 2 aromatic rings. The van der Waals surface area contributed by atoms with Gasteiger partial charge in [0.25, 0.3) is 0 Å². The maximum Gasteiger partial charge on any atom is 0.243 e. The predicted molar refractivity (Wildman–Crippen MR) is 95.3 cm³/mol. The largest absolute Gasteiger partial charge is 0.494 e. The zero-order chi connectivity index (χ0) is 16.7. The Balaban J connectivity index is 1.92. The number of benzene rings is 2. The van der Waals surface area contributed by atoms with Crippen molar-refractivity contribution in [3.05, 3.63) is 53.6 Å². The van der Waals surface area contributed by atoms with Gasteiger partial charge < -0.3 is 15.4 Å². The lowest BCUT2D eigenvalue weighted by Crippen LogP contribution is -2.22. The van der Waals surface area contributed by atoms with Gasteiger partial charge in [-0.25, -0.2) is 0 Å². The highest BCUT2D eigenvalue weighted by Crippen LogP contribution is 2.20. The van der Waals surface area contributed by atoms with Crippen LogP contribution >= 0.6 is 0 Å². The van der Waals surface area contributed by atoms with Crippen molar-refractivity contribution in [2.24, 2.45) is 0 Å². The fraction of sp³-hybridized carbons (Fsp3) is 0.316. The zero-order valence-corrected chi connectivity index (χ0v) is 14.0. The Kier molecular flexibility index (Phi) is 6.03. The van der Waals surface area contributed by atoms with E-state index in [9.17, 15) is 4.79 Å². The normalized spacial score (nSPS) is 10.2. The van der Waals surface area contributed by atoms with Gasteiger partial charge >= 0.3 is 0 Å². The second-order valence-corrected chi connectivity index (χ2v) is 5.54. The van der Waals surface area contributed by atoms with Crippen molar-refractivity contribution in [3.63, 3.8) is 0 Å². The smallest absolute Gasteiger partial charge is 0.243 e. The van der Waals surface area contributed by atoms with Gasteiger partial charge in [-0.3, -0.25) is 4.79 Å². The first-order valence-corrected chi connectivity index (χ1v) is 7.93. The van der Waals surface area contributed by atoms with Crippen molar-refractivity contribution in [1.29, 1.82) is 0 Å². The van der Waals surface area contributed by atoms with Crippen LogP contribution in [-0.4, -0.2) is 19.1 Å². The molecule has 0 aliphatic heterocycles. The third-order valence-electron chi connectivity index (χ3n) is 3.50. The quantitative estimate of drug-likeness (QED) is 0.808. The van der Waals surface area contributed by atoms with Crippen molar-refractivity contribution in [2.75, 3.05) is 23.8 Å². The summed E-state index contributed by atoms with van der Waals surface area (Å²) in [5.41, 5.74) is 4.02. The van der Waals surface area contributed by atoms with E-state index in [1.807, 2.05) is 56.3 Å². The highest BCUT2D eigenvalue weighted by Gasteiger charge is 2.06. The van der Waals surface area contributed by atoms with E-state index in [0.29, 0.717) is 6.61 Å². The molecule has 0 heterocycles. The maximum atomic E-state index is 12.1. The molecule has 2 N–H and O–H groups in total. The molecule has 0 fully saturated rings. The minimum Gasteiger partial charge on any atom is -0.494 e. The number of hydrogen-bond donors (Lipinski definition) is 2. The first-order valence-electron chi connectivity index (χ1n) is 7.93. The number of carbonyl (C=O) groups excluding carboxylic acids is 1. The summed E-state index contributed by atoms with van der Waals surface area (Å²) in [6.07, 6.45) is 0.955. The van der Waals surface area contributed by atoms with Crippen LogP contribution in [0.25, 0.3) is 0 Å². The van der Waals surface area contributed by atoms with E-state index in [0.717, 1.165) is 34.7 Å². The molecule has 0 spiro atoms. The van der Waals surface area contributed by atoms with Crippen LogP contribution in [0, 0.1) is 13.8 Å². The van der Waals surface area contributed by atoms with Crippen LogP contribution in [0.1, 0.15) is 24.5 Å². The van der Waals surface area contributed by atoms with Crippen LogP contribution in [-0.2, 0) is 4.79 Å². The summed E-state index contributed by atoms with van der Waals surface area (Å²) in [6.45, 7) is 7.02. The summed E-state index contributed by atoms with van der Waals surface area (Å²) in [5.74, 6) is 0.688. The molecular formula is C19H24N2O2. The van der Waals surface area contributed by atoms with Crippen LogP contribution in [0.4, 0.5) is 11.4 Å². The first kappa shape index (κ1) is 16.9. The summed E-state index contributed by atoms with van der Waals surface area (Å²) in [5, 5.41) is 6.09. The Morgan fingerprint density at radius 2 is 1.78 bits per heavy atom. The predicted octanol–water partition coefficient (Wildman–Crippen LogP) is 4.14. The molecule has 0 aromatic heterocycles. The summed E-state index contributed by atoms with van der Waals surface area (Å²) < 4.78 is 5.57. The van der Waals surface area contributed by atoms with Crippen LogP contribution in [0.5, 0.6) is 5.75 Å². The van der Waals surface area contributed by atoms with Crippen molar-refractivity contribution in [1.82, 2.24) is 0 Å². The Hall–Kier alpha value is -2.49. The monoisotopic (exact) mass is 312 g/mol. The number of hydrogen-bond acceptors (Lipinski definition) is 3. The van der Waals surface area contributed by atoms with Crippen molar-refractivity contribution in [3.8, 4) is 5.75 Å². The van der Waals surface area contributed by atoms with Crippen LogP contribution in [0.15, 0.2) is 42.5 Å². The molecule has 0 aliphatic rings. The van der Waals surface area contributed by atoms with E-state index in [-0.39, 0.29) is 12.5 Å². The van der Waals surface area contributed by atoms with E-state index < -0.39 is 0 Å². The lowest BCUT2D eigenvalue weighted by molar-refractivity contribution is -0.114. The molecule has 4 heteroatoms. The summed E-state index contributed by atoms with van der Waals surface area (Å²) >= 11 is 0. The van der Waals surface area contributed by atoms with E-state index in [4.69, 9.17) is 4.74 Å². The number of anilines is 2. The maximum absolute atomic E-state index is 12.1. The third kappa shape index (κ3) is 5.02. The van der Waals surface area contributed by atoms with Crippen molar-refractivity contribution < 1.29 is 9.53 Å². The molecule has 0 atom stereocenters. The lowest BCUT2D eigenvalue weighted by Gasteiger charge is -2.13. The molecule has 23 heavy (non-hydrogen) atoms. The SMILES string of the molecule is CCCOc1cccc(NC(=O)CNc2c(C)cccc2C)c1. The average Bonchev–Trinajstić information content (AvgIpc) is 2.53. The van der Waals surface area contributed by atoms with Gasteiger partial charge in [0.1, 0.15) is 5.75 Å². The van der Waals surface area contributed by atoms with E-state index >= 15 is 0 Å². The number of aryl methyl sites for hydroxylation is 2. The van der Waals surface area contributed by atoms with Gasteiger partial charge in [-0.1, -0.05) is 31.2 Å². The van der Waals surface area contributed by atoms with Gasteiger partial charge in [0.15, 0.2) is 0 Å². The fourth-order valence-corrected chi connectivity index (χ4v) is 2.35. The molecule has 122 valence electrons. The van der Waals surface area contributed by atoms with Gasteiger partial charge in [-0.15, -0.1) is 0 Å². The second kappa shape index (κ2) is 8.22. The molecule has 1 amide bonds. The van der Waals surface area contributed by atoms with Gasteiger partial charge in [-0.05, 0) is 43.5 Å². The summed E-state index contributed by atoms with van der Waals surface area (Å²) in [6, 6.07) is 13.5. The first-order chi connectivity index (χ1) is 11.1. The Labute approximate surface area is 137 Å². The van der Waals surface area contributed by atoms with Crippen LogP contribution in [0.3, 0.4) is 0 Å². The minimum absolute atomic E-state index is 0.0831. The Bertz CT molecular complexity index is 648. The lowest BCUT2D eigenvalue weighted by atomic mass is 10.1. The molecule has 0 radical (unpaired) electrons. The molecule has 0 saturated carbocycles. The molecule has 4 nitrogen and oxygen atoms in total. The van der Waals surface area contributed by atoms with Gasteiger partial charge in [0, 0.05) is 17.4 Å². The van der Waals surface area contributed by atoms with Crippen molar-refractivity contribution >= 4 is 17.3 Å². The van der Waals surface area contributed by atoms with Gasteiger partial charge in [-0.2, -0.15) is 0 Å². The molecule has 0 unspecified atom stereocenters. The number of para-hydroxylation sites is 1. The van der Waals surface area contributed by atoms with E-state index in [1.165, 1.54) is 0 Å². The zero-order valence-electron chi connectivity index (χ0n) is 14.0. The molecular weight excluding hydrogens is 288 g/mol. The molecule has 0 aliphatic carbocycles. The number of nitrogens with one attached hydrogen (secondary N) is 2. The Morgan fingerprint density at radius 3 is 2.48 bits per heavy atom. The number of ether oxygens (including phenoxy) is 1. The number of amides is 1. The van der Waals surface area contributed by atoms with E-state index in [2.05, 4.69) is 17.6 Å². The standard InChI is InChI=1S/C19H24N2O2/c1-4-11-23-17-10-6-9-16(12-17)21-18(22)13-20-19-14(2)7-5-8-15(19)3/h5-10,12,20H,4,11,13H2,1-3H3,(H,21,22). The molecule has 0 bridgehead atoms. The highest BCUT2D eigenvalue weighted by atomic mass is 16.5. The summed E-state index contributed by atoms with van der Waals surface area (Å²) in [7, 11) is 0. The topological polar surface area (TPSA) is 50.4 Å². The molecule has 0 saturated heterocycles. The summed E-state index contributed by atoms with van der Waals surface area (Å²) in [4.78, 5) is 12.1. The van der Waals surface area contributed by atoms with E-state index in [1.54, 1.807) is 0 Å². The second-order valence-electron chi connectivity index (χ2n) is 5.54. The number of rotatable bonds is 7. The highest BCUT2D eigenvalue weighted by molar-refractivity contribution is 5.94. The third-order valence-corrected chi connectivity index (χ3v) is 3.50. The van der Waals surface area contributed by atoms with Crippen LogP contribution < -0.4 is 15.4 Å². The minimum atomic E-state index is -0.0831. The average molecular weight is 312 g/mol.